The van der Waals surface area contributed by atoms with Crippen LogP contribution in [0.15, 0.2) is 77.7 Å². The minimum absolute atomic E-state index is 0.0696. The fourth-order valence-electron chi connectivity index (χ4n) is 4.74. The van der Waals surface area contributed by atoms with E-state index in [1.165, 1.54) is 47.0 Å². The van der Waals surface area contributed by atoms with Gasteiger partial charge in [-0.3, -0.25) is 4.79 Å². The number of anilines is 1. The summed E-state index contributed by atoms with van der Waals surface area (Å²) in [5.74, 6) is -0.384. The molecule has 3 aromatic carbocycles. The van der Waals surface area contributed by atoms with Crippen molar-refractivity contribution in [2.75, 3.05) is 11.6 Å². The number of aromatic nitrogens is 1. The fraction of sp³-hybridized carbons (Fsp3) is 0.233. The third kappa shape index (κ3) is 5.78. The molecule has 0 saturated heterocycles. The molecule has 1 aromatic heterocycles. The summed E-state index contributed by atoms with van der Waals surface area (Å²) in [5, 5.41) is 2.69. The maximum atomic E-state index is 14.4. The van der Waals surface area contributed by atoms with Crippen molar-refractivity contribution in [2.24, 2.45) is 0 Å². The topological polar surface area (TPSA) is 68.2 Å². The number of hydrogen-bond donors (Lipinski definition) is 1. The molecular formula is C30H29F3N2O3S. The first-order chi connectivity index (χ1) is 18.2. The van der Waals surface area contributed by atoms with Crippen LogP contribution >= 0.6 is 0 Å². The van der Waals surface area contributed by atoms with Gasteiger partial charge in [-0.1, -0.05) is 44.2 Å². The van der Waals surface area contributed by atoms with Gasteiger partial charge in [0, 0.05) is 23.3 Å². The molecule has 0 aliphatic heterocycles. The van der Waals surface area contributed by atoms with Gasteiger partial charge in [-0.15, -0.1) is 0 Å². The van der Waals surface area contributed by atoms with Gasteiger partial charge >= 0.3 is 6.18 Å². The highest BCUT2D eigenvalue weighted by Gasteiger charge is 2.35. The van der Waals surface area contributed by atoms with Crippen LogP contribution in [-0.4, -0.2) is 25.1 Å². The molecular weight excluding hydrogens is 525 g/mol. The van der Waals surface area contributed by atoms with E-state index in [0.717, 1.165) is 17.4 Å². The quantitative estimate of drug-likeness (QED) is 0.267. The molecule has 0 bridgehead atoms. The summed E-state index contributed by atoms with van der Waals surface area (Å²) in [6.07, 6.45) is -3.55. The van der Waals surface area contributed by atoms with Crippen molar-refractivity contribution in [2.45, 2.75) is 44.7 Å². The van der Waals surface area contributed by atoms with E-state index in [1.807, 2.05) is 38.1 Å². The van der Waals surface area contributed by atoms with E-state index in [1.54, 1.807) is 19.9 Å². The number of benzene rings is 3. The van der Waals surface area contributed by atoms with Crippen LogP contribution in [0.2, 0.25) is 0 Å². The summed E-state index contributed by atoms with van der Waals surface area (Å²) in [4.78, 5) is 13.2. The second-order valence-electron chi connectivity index (χ2n) is 9.84. The summed E-state index contributed by atoms with van der Waals surface area (Å²) in [7, 11) is -3.39. The lowest BCUT2D eigenvalue weighted by molar-refractivity contribution is -0.137. The maximum absolute atomic E-state index is 14.4. The number of carbonyl (C=O) groups excluding carboxylic acids is 1. The van der Waals surface area contributed by atoms with Crippen molar-refractivity contribution in [1.82, 2.24) is 4.57 Å². The molecule has 4 rings (SSSR count). The van der Waals surface area contributed by atoms with E-state index in [9.17, 15) is 26.4 Å². The van der Waals surface area contributed by atoms with Crippen LogP contribution in [0.1, 0.15) is 52.6 Å². The maximum Gasteiger partial charge on any atom is 0.418 e. The van der Waals surface area contributed by atoms with Gasteiger partial charge < -0.3 is 9.88 Å². The molecule has 1 amide bonds. The van der Waals surface area contributed by atoms with Crippen LogP contribution in [0.25, 0.3) is 16.8 Å². The molecule has 39 heavy (non-hydrogen) atoms. The number of carbonyl (C=O) groups is 1. The molecule has 4 aromatic rings. The van der Waals surface area contributed by atoms with Gasteiger partial charge in [-0.05, 0) is 78.9 Å². The minimum Gasteiger partial charge on any atom is -0.322 e. The van der Waals surface area contributed by atoms with Crippen LogP contribution in [0, 0.1) is 13.8 Å². The predicted molar refractivity (Wildman–Crippen MR) is 147 cm³/mol. The first-order valence-electron chi connectivity index (χ1n) is 12.3. The number of sulfone groups is 1. The standard InChI is InChI=1S/C30H29F3N2O3S/c1-18(2)24-8-6-7-9-25(24)21-10-15-28(27(17-21)30(31,32)33)35-19(3)16-26(20(35)4)29(36)34-22-11-13-23(14-12-22)39(5,37)38/h6-18H,1-5H3,(H,34,36). The molecule has 0 aliphatic carbocycles. The Morgan fingerprint density at radius 3 is 2.15 bits per heavy atom. The Balaban J connectivity index is 1.75. The number of amides is 1. The van der Waals surface area contributed by atoms with Crippen LogP contribution < -0.4 is 5.32 Å². The zero-order valence-electron chi connectivity index (χ0n) is 22.2. The Labute approximate surface area is 226 Å². The van der Waals surface area contributed by atoms with Crippen LogP contribution in [0.5, 0.6) is 0 Å². The molecule has 9 heteroatoms. The van der Waals surface area contributed by atoms with Crippen molar-refractivity contribution >= 4 is 21.4 Å². The van der Waals surface area contributed by atoms with E-state index in [4.69, 9.17) is 0 Å². The average Bonchev–Trinajstić information content (AvgIpc) is 3.16. The lowest BCUT2D eigenvalue weighted by atomic mass is 9.91. The molecule has 5 nitrogen and oxygen atoms in total. The Hall–Kier alpha value is -3.85. The summed E-state index contributed by atoms with van der Waals surface area (Å²) < 4.78 is 68.0. The lowest BCUT2D eigenvalue weighted by Gasteiger charge is -2.20. The molecule has 0 saturated carbocycles. The third-order valence-electron chi connectivity index (χ3n) is 6.65. The van der Waals surface area contributed by atoms with Crippen LogP contribution in [0.3, 0.4) is 0 Å². The number of alkyl halides is 3. The second kappa shape index (κ2) is 10.4. The zero-order valence-corrected chi connectivity index (χ0v) is 23.0. The number of halogens is 3. The molecule has 204 valence electrons. The predicted octanol–water partition coefficient (Wildman–Crippen LogP) is 7.56. The molecule has 0 aliphatic rings. The first kappa shape index (κ1) is 28.2. The molecule has 0 fully saturated rings. The minimum atomic E-state index is -4.63. The Bertz CT molecular complexity index is 1650. The lowest BCUT2D eigenvalue weighted by Crippen LogP contribution is -2.15. The SMILES string of the molecule is Cc1cc(C(=O)Nc2ccc(S(C)(=O)=O)cc2)c(C)n1-c1ccc(-c2ccccc2C(C)C)cc1C(F)(F)F. The molecule has 1 heterocycles. The van der Waals surface area contributed by atoms with Crippen molar-refractivity contribution in [3.05, 3.63) is 101 Å². The zero-order chi connectivity index (χ0) is 28.7. The van der Waals surface area contributed by atoms with Gasteiger partial charge in [0.15, 0.2) is 9.84 Å². The Morgan fingerprint density at radius 1 is 0.923 bits per heavy atom. The van der Waals surface area contributed by atoms with Crippen LogP contribution in [0.4, 0.5) is 18.9 Å². The number of hydrogen-bond acceptors (Lipinski definition) is 3. The van der Waals surface area contributed by atoms with Crippen molar-refractivity contribution < 1.29 is 26.4 Å². The highest BCUT2D eigenvalue weighted by Crippen LogP contribution is 2.39. The number of nitrogens with zero attached hydrogens (tertiary/aromatic N) is 1. The van der Waals surface area contributed by atoms with Crippen molar-refractivity contribution in [1.29, 1.82) is 0 Å². The van der Waals surface area contributed by atoms with Gasteiger partial charge in [0.25, 0.3) is 5.91 Å². The Morgan fingerprint density at radius 2 is 1.56 bits per heavy atom. The van der Waals surface area contributed by atoms with E-state index >= 15 is 0 Å². The van der Waals surface area contributed by atoms with E-state index in [0.29, 0.717) is 22.6 Å². The molecule has 0 unspecified atom stereocenters. The normalized spacial score (nSPS) is 12.1. The Kier molecular flexibility index (Phi) is 7.49. The molecule has 0 spiro atoms. The van der Waals surface area contributed by atoms with Gasteiger partial charge in [0.2, 0.25) is 0 Å². The third-order valence-corrected chi connectivity index (χ3v) is 7.78. The first-order valence-corrected chi connectivity index (χ1v) is 14.2. The van der Waals surface area contributed by atoms with E-state index < -0.39 is 27.5 Å². The highest BCUT2D eigenvalue weighted by molar-refractivity contribution is 7.90. The van der Waals surface area contributed by atoms with Gasteiger partial charge in [0.05, 0.1) is 21.7 Å². The summed E-state index contributed by atoms with van der Waals surface area (Å²) in [6.45, 7) is 7.23. The van der Waals surface area contributed by atoms with Crippen molar-refractivity contribution in [3.63, 3.8) is 0 Å². The number of nitrogens with one attached hydrogen (secondary N) is 1. The second-order valence-corrected chi connectivity index (χ2v) is 11.9. The van der Waals surface area contributed by atoms with Gasteiger partial charge in [0.1, 0.15) is 0 Å². The summed E-state index contributed by atoms with van der Waals surface area (Å²) in [6, 6.07) is 18.9. The van der Waals surface area contributed by atoms with Gasteiger partial charge in [-0.25, -0.2) is 8.42 Å². The van der Waals surface area contributed by atoms with Crippen LogP contribution in [-0.2, 0) is 16.0 Å². The molecule has 1 N–H and O–H groups in total. The monoisotopic (exact) mass is 554 g/mol. The van der Waals surface area contributed by atoms with Crippen molar-refractivity contribution in [3.8, 4) is 16.8 Å². The largest absolute Gasteiger partial charge is 0.418 e. The smallest absolute Gasteiger partial charge is 0.322 e. The highest BCUT2D eigenvalue weighted by atomic mass is 32.2. The van der Waals surface area contributed by atoms with E-state index in [2.05, 4.69) is 5.32 Å². The average molecular weight is 555 g/mol. The molecule has 0 radical (unpaired) electrons. The number of rotatable bonds is 6. The molecule has 0 atom stereocenters. The summed E-state index contributed by atoms with van der Waals surface area (Å²) >= 11 is 0. The van der Waals surface area contributed by atoms with Gasteiger partial charge in [-0.2, -0.15) is 13.2 Å². The number of aryl methyl sites for hydroxylation is 1. The fourth-order valence-corrected chi connectivity index (χ4v) is 5.37. The summed E-state index contributed by atoms with van der Waals surface area (Å²) in [5.41, 5.74) is 2.67. The van der Waals surface area contributed by atoms with E-state index in [-0.39, 0.29) is 22.1 Å².